The molecular formula is C33H36Cl2Zr. The zero-order valence-electron chi connectivity index (χ0n) is 21.0. The summed E-state index contributed by atoms with van der Waals surface area (Å²) in [6.45, 7) is 0. The average Bonchev–Trinajstić information content (AvgIpc) is 3.71. The van der Waals surface area contributed by atoms with Gasteiger partial charge in [0.25, 0.3) is 0 Å². The molecule has 8 atom stereocenters. The van der Waals surface area contributed by atoms with Gasteiger partial charge in [0.1, 0.15) is 0 Å². The molecule has 4 bridgehead atoms. The van der Waals surface area contributed by atoms with E-state index in [0.29, 0.717) is 7.25 Å². The third-order valence-corrected chi connectivity index (χ3v) is 17.3. The van der Waals surface area contributed by atoms with E-state index in [-0.39, 0.29) is 24.8 Å². The Kier molecular flexibility index (Phi) is 6.93. The molecule has 0 amide bonds. The molecule has 0 nitrogen and oxygen atoms in total. The summed E-state index contributed by atoms with van der Waals surface area (Å²) in [6, 6.07) is 19.0. The largest absolute Gasteiger partial charge is 1.00 e. The zero-order chi connectivity index (χ0) is 22.4. The van der Waals surface area contributed by atoms with Gasteiger partial charge in [-0.1, -0.05) is 0 Å². The fourth-order valence-corrected chi connectivity index (χ4v) is 15.6. The Bertz CT molecular complexity index is 1160. The molecule has 0 aliphatic heterocycles. The van der Waals surface area contributed by atoms with Crippen LogP contribution in [0.1, 0.15) is 80.9 Å². The van der Waals surface area contributed by atoms with Crippen molar-refractivity contribution < 1.29 is 46.1 Å². The van der Waals surface area contributed by atoms with Crippen LogP contribution in [0.15, 0.2) is 60.7 Å². The minimum Gasteiger partial charge on any atom is -1.00 e. The summed E-state index contributed by atoms with van der Waals surface area (Å²) < 4.78 is 6.41. The van der Waals surface area contributed by atoms with Gasteiger partial charge in [-0.15, -0.1) is 0 Å². The van der Waals surface area contributed by atoms with E-state index in [9.17, 15) is 0 Å². The number of halogens is 2. The van der Waals surface area contributed by atoms with Crippen molar-refractivity contribution in [3.8, 4) is 0 Å². The SMILES string of the molecule is [CH2]=[Zr+2]([CH]1C=C(C2CC3CCC2C3)c2ccccc21)[CH]1C=C(C2CC3CCC2C3)c2ccccc21.[Cl-].[Cl-]. The topological polar surface area (TPSA) is 0 Å². The molecule has 0 aromatic heterocycles. The molecule has 8 unspecified atom stereocenters. The second-order valence-corrected chi connectivity index (χ2v) is 18.4. The molecule has 4 saturated carbocycles. The van der Waals surface area contributed by atoms with Gasteiger partial charge in [-0.05, 0) is 0 Å². The Hall–Kier alpha value is -0.747. The van der Waals surface area contributed by atoms with Crippen molar-refractivity contribution in [1.82, 2.24) is 0 Å². The average molecular weight is 595 g/mol. The summed E-state index contributed by atoms with van der Waals surface area (Å²) in [5.41, 5.74) is 9.97. The second kappa shape index (κ2) is 9.77. The van der Waals surface area contributed by atoms with E-state index in [1.165, 1.54) is 51.4 Å². The van der Waals surface area contributed by atoms with E-state index in [1.807, 2.05) is 0 Å². The molecule has 3 heteroatoms. The van der Waals surface area contributed by atoms with Gasteiger partial charge < -0.3 is 24.8 Å². The maximum atomic E-state index is 5.13. The first-order valence-corrected chi connectivity index (χ1v) is 18.6. The first-order valence-electron chi connectivity index (χ1n) is 14.0. The predicted molar refractivity (Wildman–Crippen MR) is 139 cm³/mol. The molecular weight excluding hydrogens is 558 g/mol. The van der Waals surface area contributed by atoms with Crippen LogP contribution in [0.2, 0.25) is 0 Å². The molecule has 0 saturated heterocycles. The summed E-state index contributed by atoms with van der Waals surface area (Å²) in [6.07, 6.45) is 17.4. The monoisotopic (exact) mass is 592 g/mol. The van der Waals surface area contributed by atoms with E-state index >= 15 is 0 Å². The third kappa shape index (κ3) is 3.81. The second-order valence-electron chi connectivity index (χ2n) is 12.5. The van der Waals surface area contributed by atoms with Gasteiger partial charge in [0.15, 0.2) is 0 Å². The van der Waals surface area contributed by atoms with Crippen molar-refractivity contribution in [3.63, 3.8) is 0 Å². The van der Waals surface area contributed by atoms with Crippen LogP contribution in [-0.4, -0.2) is 4.21 Å². The first-order chi connectivity index (χ1) is 16.7. The smallest absolute Gasteiger partial charge is 1.00 e. The Labute approximate surface area is 237 Å². The third-order valence-electron chi connectivity index (χ3n) is 11.0. The number of allylic oxidation sites excluding steroid dienone is 4. The van der Waals surface area contributed by atoms with E-state index < -0.39 is 21.3 Å². The predicted octanol–water partition coefficient (Wildman–Crippen LogP) is 2.19. The van der Waals surface area contributed by atoms with Crippen molar-refractivity contribution in [1.29, 1.82) is 0 Å². The van der Waals surface area contributed by atoms with Crippen molar-refractivity contribution in [3.05, 3.63) is 82.9 Å². The van der Waals surface area contributed by atoms with Gasteiger partial charge in [-0.25, -0.2) is 0 Å². The molecule has 36 heavy (non-hydrogen) atoms. The van der Waals surface area contributed by atoms with Crippen LogP contribution in [0.5, 0.6) is 0 Å². The van der Waals surface area contributed by atoms with Gasteiger partial charge in [-0.2, -0.15) is 0 Å². The number of benzene rings is 2. The van der Waals surface area contributed by atoms with Crippen molar-refractivity contribution in [2.24, 2.45) is 35.5 Å². The molecule has 0 N–H and O–H groups in total. The van der Waals surface area contributed by atoms with Gasteiger partial charge >= 0.3 is 214 Å². The van der Waals surface area contributed by atoms with Crippen LogP contribution in [0, 0.1) is 35.5 Å². The zero-order valence-corrected chi connectivity index (χ0v) is 25.0. The normalized spacial score (nSPS) is 36.3. The molecule has 0 radical (unpaired) electrons. The Morgan fingerprint density at radius 1 is 0.583 bits per heavy atom. The molecule has 2 aromatic rings. The molecule has 6 aliphatic rings. The van der Waals surface area contributed by atoms with Crippen LogP contribution in [0.25, 0.3) is 11.1 Å². The minimum atomic E-state index is -2.11. The molecule has 4 fully saturated rings. The number of rotatable bonds is 4. The van der Waals surface area contributed by atoms with E-state index in [0.717, 1.165) is 35.5 Å². The Morgan fingerprint density at radius 3 is 1.42 bits per heavy atom. The first kappa shape index (κ1) is 25.5. The molecule has 8 rings (SSSR count). The van der Waals surface area contributed by atoms with Gasteiger partial charge in [0, 0.05) is 0 Å². The van der Waals surface area contributed by atoms with Crippen LogP contribution in [-0.2, 0) is 21.3 Å². The van der Waals surface area contributed by atoms with Crippen LogP contribution < -0.4 is 24.8 Å². The van der Waals surface area contributed by atoms with E-state index in [2.05, 4.69) is 60.7 Å². The summed E-state index contributed by atoms with van der Waals surface area (Å²) >= 11 is -2.11. The van der Waals surface area contributed by atoms with E-state index in [1.54, 1.807) is 33.4 Å². The van der Waals surface area contributed by atoms with E-state index in [4.69, 9.17) is 4.21 Å². The van der Waals surface area contributed by atoms with Gasteiger partial charge in [0.05, 0.1) is 0 Å². The standard InChI is InChI=1S/2C16H17.CH2.2ClH.Zr/c2*1-2-4-14-12(3-1)7-8-15(14)16-10-11-5-6-13(16)9-11;;;;/h2*1-4,7-8,11,13,16H,5-6,9-10H2;1H2;2*1H;/q;;;;;+2/p-2. The summed E-state index contributed by atoms with van der Waals surface area (Å²) in [5.74, 6) is 5.59. The fourth-order valence-electron chi connectivity index (χ4n) is 9.49. The molecule has 0 heterocycles. The van der Waals surface area contributed by atoms with Gasteiger partial charge in [-0.3, -0.25) is 0 Å². The molecule has 0 spiro atoms. The van der Waals surface area contributed by atoms with Crippen LogP contribution >= 0.6 is 0 Å². The fraction of sp³-hybridized carbons (Fsp3) is 0.485. The molecule has 2 aromatic carbocycles. The maximum Gasteiger partial charge on any atom is -1.00 e. The number of fused-ring (bicyclic) bond motifs is 6. The van der Waals surface area contributed by atoms with Crippen molar-refractivity contribution >= 4 is 15.4 Å². The van der Waals surface area contributed by atoms with Crippen LogP contribution in [0.4, 0.5) is 0 Å². The maximum absolute atomic E-state index is 5.13. The summed E-state index contributed by atoms with van der Waals surface area (Å²) in [5, 5.41) is 0. The quantitative estimate of drug-likeness (QED) is 0.510. The Balaban J connectivity index is 0.00000120. The molecule has 186 valence electrons. The summed E-state index contributed by atoms with van der Waals surface area (Å²) in [4.78, 5) is 0. The van der Waals surface area contributed by atoms with Crippen molar-refractivity contribution in [2.75, 3.05) is 0 Å². The van der Waals surface area contributed by atoms with Crippen LogP contribution in [0.3, 0.4) is 0 Å². The Morgan fingerprint density at radius 2 is 1.03 bits per heavy atom. The number of hydrogen-bond acceptors (Lipinski definition) is 0. The number of hydrogen-bond donors (Lipinski definition) is 0. The molecule has 6 aliphatic carbocycles. The van der Waals surface area contributed by atoms with Gasteiger partial charge in [0.2, 0.25) is 0 Å². The minimum absolute atomic E-state index is 0. The van der Waals surface area contributed by atoms with Crippen molar-refractivity contribution in [2.45, 2.75) is 58.6 Å². The summed E-state index contributed by atoms with van der Waals surface area (Å²) in [7, 11) is 0.